The minimum absolute atomic E-state index is 0.413. The first kappa shape index (κ1) is 14.1. The molecule has 23 heavy (non-hydrogen) atoms. The number of piperidine rings is 1. The molecule has 0 unspecified atom stereocenters. The SMILES string of the molecule is Cc1ncc(N[C@@H]2CCCNC2)nc1-c1cnc2ccccn12. The fraction of sp³-hybridized carbons (Fsp3) is 0.353. The van der Waals surface area contributed by atoms with Crippen molar-refractivity contribution in [3.8, 4) is 11.4 Å². The number of anilines is 1. The number of nitrogens with one attached hydrogen (secondary N) is 2. The summed E-state index contributed by atoms with van der Waals surface area (Å²) in [5.41, 5.74) is 3.66. The van der Waals surface area contributed by atoms with Gasteiger partial charge in [-0.15, -0.1) is 0 Å². The highest BCUT2D eigenvalue weighted by molar-refractivity contribution is 5.63. The lowest BCUT2D eigenvalue weighted by molar-refractivity contribution is 0.479. The smallest absolute Gasteiger partial charge is 0.145 e. The zero-order valence-electron chi connectivity index (χ0n) is 13.2. The van der Waals surface area contributed by atoms with E-state index in [9.17, 15) is 0 Å². The van der Waals surface area contributed by atoms with Crippen molar-refractivity contribution in [1.82, 2.24) is 24.7 Å². The monoisotopic (exact) mass is 308 g/mol. The molecular weight excluding hydrogens is 288 g/mol. The van der Waals surface area contributed by atoms with Gasteiger partial charge in [0.1, 0.15) is 17.2 Å². The topological polar surface area (TPSA) is 67.1 Å². The summed E-state index contributed by atoms with van der Waals surface area (Å²) in [6.07, 6.45) is 8.03. The highest BCUT2D eigenvalue weighted by Crippen LogP contribution is 2.23. The second-order valence-corrected chi connectivity index (χ2v) is 5.95. The normalized spacial score (nSPS) is 18.2. The molecule has 6 nitrogen and oxygen atoms in total. The van der Waals surface area contributed by atoms with Gasteiger partial charge in [0, 0.05) is 18.8 Å². The predicted molar refractivity (Wildman–Crippen MR) is 90.5 cm³/mol. The Kier molecular flexibility index (Phi) is 3.67. The molecule has 1 fully saturated rings. The maximum atomic E-state index is 4.80. The molecule has 2 N–H and O–H groups in total. The van der Waals surface area contributed by atoms with Gasteiger partial charge >= 0.3 is 0 Å². The summed E-state index contributed by atoms with van der Waals surface area (Å²) in [5.74, 6) is 0.824. The Morgan fingerprint density at radius 1 is 1.26 bits per heavy atom. The molecule has 0 aliphatic carbocycles. The van der Waals surface area contributed by atoms with Gasteiger partial charge in [0.05, 0.1) is 23.8 Å². The molecule has 0 saturated carbocycles. The second-order valence-electron chi connectivity index (χ2n) is 5.95. The first-order chi connectivity index (χ1) is 11.3. The third kappa shape index (κ3) is 2.77. The Bertz CT molecular complexity index is 819. The van der Waals surface area contributed by atoms with E-state index in [1.807, 2.05) is 48.1 Å². The fourth-order valence-electron chi connectivity index (χ4n) is 3.05. The molecule has 0 aromatic carbocycles. The van der Waals surface area contributed by atoms with E-state index in [1.54, 1.807) is 0 Å². The average Bonchev–Trinajstić information content (AvgIpc) is 3.01. The molecule has 1 saturated heterocycles. The van der Waals surface area contributed by atoms with E-state index in [0.717, 1.165) is 48.1 Å². The fourth-order valence-corrected chi connectivity index (χ4v) is 3.05. The maximum absolute atomic E-state index is 4.80. The highest BCUT2D eigenvalue weighted by Gasteiger charge is 2.15. The highest BCUT2D eigenvalue weighted by atomic mass is 15.1. The van der Waals surface area contributed by atoms with Gasteiger partial charge in [-0.05, 0) is 38.4 Å². The minimum atomic E-state index is 0.413. The number of aromatic nitrogens is 4. The molecule has 0 spiro atoms. The van der Waals surface area contributed by atoms with Gasteiger partial charge in [0.15, 0.2) is 0 Å². The number of hydrogen-bond donors (Lipinski definition) is 2. The van der Waals surface area contributed by atoms with E-state index in [-0.39, 0.29) is 0 Å². The molecule has 4 rings (SSSR count). The summed E-state index contributed by atoms with van der Waals surface area (Å²) in [6, 6.07) is 6.38. The summed E-state index contributed by atoms with van der Waals surface area (Å²) in [7, 11) is 0. The van der Waals surface area contributed by atoms with Crippen molar-refractivity contribution in [3.63, 3.8) is 0 Å². The lowest BCUT2D eigenvalue weighted by Crippen LogP contribution is -2.38. The molecule has 1 atom stereocenters. The van der Waals surface area contributed by atoms with Gasteiger partial charge < -0.3 is 10.6 Å². The van der Waals surface area contributed by atoms with E-state index in [2.05, 4.69) is 20.6 Å². The summed E-state index contributed by atoms with van der Waals surface area (Å²) in [4.78, 5) is 13.8. The van der Waals surface area contributed by atoms with Crippen LogP contribution in [0.3, 0.4) is 0 Å². The Morgan fingerprint density at radius 2 is 2.22 bits per heavy atom. The van der Waals surface area contributed by atoms with Crippen molar-refractivity contribution in [2.24, 2.45) is 0 Å². The van der Waals surface area contributed by atoms with Crippen LogP contribution in [0.15, 0.2) is 36.8 Å². The Hall–Kier alpha value is -2.47. The van der Waals surface area contributed by atoms with Crippen LogP contribution in [-0.4, -0.2) is 38.5 Å². The average molecular weight is 308 g/mol. The van der Waals surface area contributed by atoms with E-state index in [0.29, 0.717) is 6.04 Å². The van der Waals surface area contributed by atoms with Crippen LogP contribution in [0.25, 0.3) is 17.0 Å². The van der Waals surface area contributed by atoms with Crippen molar-refractivity contribution in [1.29, 1.82) is 0 Å². The zero-order chi connectivity index (χ0) is 15.6. The lowest BCUT2D eigenvalue weighted by atomic mass is 10.1. The van der Waals surface area contributed by atoms with E-state index >= 15 is 0 Å². The molecular formula is C17H20N6. The first-order valence-corrected chi connectivity index (χ1v) is 8.04. The van der Waals surface area contributed by atoms with E-state index in [4.69, 9.17) is 4.98 Å². The van der Waals surface area contributed by atoms with Crippen LogP contribution in [0.4, 0.5) is 5.82 Å². The summed E-state index contributed by atoms with van der Waals surface area (Å²) < 4.78 is 2.04. The van der Waals surface area contributed by atoms with Gasteiger partial charge in [-0.25, -0.2) is 9.97 Å². The summed E-state index contributed by atoms with van der Waals surface area (Å²) in [5, 5.41) is 6.90. The van der Waals surface area contributed by atoms with Crippen LogP contribution in [0.2, 0.25) is 0 Å². The van der Waals surface area contributed by atoms with Crippen LogP contribution in [0.1, 0.15) is 18.5 Å². The van der Waals surface area contributed by atoms with Crippen molar-refractivity contribution in [2.45, 2.75) is 25.8 Å². The molecule has 1 aliphatic heterocycles. The molecule has 0 radical (unpaired) electrons. The molecule has 4 heterocycles. The van der Waals surface area contributed by atoms with Crippen LogP contribution in [0, 0.1) is 6.92 Å². The van der Waals surface area contributed by atoms with Gasteiger partial charge in [0.25, 0.3) is 0 Å². The summed E-state index contributed by atoms with van der Waals surface area (Å²) >= 11 is 0. The number of hydrogen-bond acceptors (Lipinski definition) is 5. The Morgan fingerprint density at radius 3 is 3.09 bits per heavy atom. The lowest BCUT2D eigenvalue weighted by Gasteiger charge is -2.24. The number of imidazole rings is 1. The maximum Gasteiger partial charge on any atom is 0.145 e. The molecule has 0 amide bonds. The number of aryl methyl sites for hydroxylation is 1. The van der Waals surface area contributed by atoms with Gasteiger partial charge in [-0.2, -0.15) is 0 Å². The van der Waals surface area contributed by atoms with Crippen LogP contribution >= 0.6 is 0 Å². The molecule has 118 valence electrons. The quantitative estimate of drug-likeness (QED) is 0.777. The third-order valence-electron chi connectivity index (χ3n) is 4.26. The Labute approximate surface area is 135 Å². The number of fused-ring (bicyclic) bond motifs is 1. The third-order valence-corrected chi connectivity index (χ3v) is 4.26. The second kappa shape index (κ2) is 5.96. The van der Waals surface area contributed by atoms with E-state index in [1.165, 1.54) is 6.42 Å². The first-order valence-electron chi connectivity index (χ1n) is 8.04. The summed E-state index contributed by atoms with van der Waals surface area (Å²) in [6.45, 7) is 4.06. The zero-order valence-corrected chi connectivity index (χ0v) is 13.2. The molecule has 1 aliphatic rings. The standard InChI is InChI=1S/C17H20N6/c1-12-17(14-10-20-16-6-2-3-8-23(14)16)22-15(11-19-12)21-13-5-4-7-18-9-13/h2-3,6,8,10-11,13,18H,4-5,7,9H2,1H3,(H,21,22)/t13-/m1/s1. The van der Waals surface area contributed by atoms with Crippen molar-refractivity contribution in [2.75, 3.05) is 18.4 Å². The van der Waals surface area contributed by atoms with Crippen molar-refractivity contribution >= 4 is 11.5 Å². The van der Waals surface area contributed by atoms with Crippen molar-refractivity contribution in [3.05, 3.63) is 42.5 Å². The van der Waals surface area contributed by atoms with E-state index < -0.39 is 0 Å². The minimum Gasteiger partial charge on any atom is -0.365 e. The van der Waals surface area contributed by atoms with Crippen LogP contribution in [0.5, 0.6) is 0 Å². The largest absolute Gasteiger partial charge is 0.365 e. The molecule has 0 bridgehead atoms. The van der Waals surface area contributed by atoms with Crippen molar-refractivity contribution < 1.29 is 0 Å². The van der Waals surface area contributed by atoms with Crippen LogP contribution < -0.4 is 10.6 Å². The number of pyridine rings is 1. The number of rotatable bonds is 3. The number of nitrogens with zero attached hydrogens (tertiary/aromatic N) is 4. The molecule has 6 heteroatoms. The molecule has 3 aromatic rings. The van der Waals surface area contributed by atoms with Gasteiger partial charge in [-0.3, -0.25) is 9.38 Å². The van der Waals surface area contributed by atoms with Gasteiger partial charge in [0.2, 0.25) is 0 Å². The Balaban J connectivity index is 1.69. The van der Waals surface area contributed by atoms with Gasteiger partial charge in [-0.1, -0.05) is 6.07 Å². The molecule has 3 aromatic heterocycles. The van der Waals surface area contributed by atoms with Crippen LogP contribution in [-0.2, 0) is 0 Å². The predicted octanol–water partition coefficient (Wildman–Crippen LogP) is 2.26.